The van der Waals surface area contributed by atoms with E-state index in [4.69, 9.17) is 5.11 Å². The van der Waals surface area contributed by atoms with Crippen LogP contribution < -0.4 is 10.6 Å². The second kappa shape index (κ2) is 6.02. The van der Waals surface area contributed by atoms with Gasteiger partial charge >= 0.3 is 12.0 Å². The van der Waals surface area contributed by atoms with Crippen LogP contribution in [0, 0.1) is 23.7 Å². The molecule has 0 aromatic rings. The fourth-order valence-electron chi connectivity index (χ4n) is 3.81. The summed E-state index contributed by atoms with van der Waals surface area (Å²) in [7, 11) is 0. The molecule has 0 aromatic carbocycles. The molecule has 0 aliphatic heterocycles. The Labute approximate surface area is 120 Å². The number of carboxylic acid groups (broad SMARTS) is 1. The van der Waals surface area contributed by atoms with Gasteiger partial charge in [0.2, 0.25) is 0 Å². The van der Waals surface area contributed by atoms with Crippen LogP contribution in [-0.4, -0.2) is 29.2 Å². The van der Waals surface area contributed by atoms with Crippen molar-refractivity contribution in [3.63, 3.8) is 0 Å². The average molecular weight is 282 g/mol. The molecule has 0 radical (unpaired) electrons. The molecule has 5 heteroatoms. The van der Waals surface area contributed by atoms with E-state index in [1.807, 2.05) is 0 Å². The number of carbonyl (C=O) groups excluding carboxylic acids is 1. The van der Waals surface area contributed by atoms with Crippen molar-refractivity contribution < 1.29 is 14.7 Å². The SMILES string of the molecule is CC(NC(=O)NC(C)C1CC2CCC1C2)C(C)C(=O)O. The zero-order valence-corrected chi connectivity index (χ0v) is 12.6. The molecule has 114 valence electrons. The van der Waals surface area contributed by atoms with Gasteiger partial charge in [0.15, 0.2) is 0 Å². The van der Waals surface area contributed by atoms with Crippen LogP contribution >= 0.6 is 0 Å². The molecule has 2 aliphatic rings. The van der Waals surface area contributed by atoms with Gasteiger partial charge in [-0.3, -0.25) is 4.79 Å². The summed E-state index contributed by atoms with van der Waals surface area (Å²) in [5.74, 6) is 0.748. The summed E-state index contributed by atoms with van der Waals surface area (Å²) in [5.41, 5.74) is 0. The highest BCUT2D eigenvalue weighted by Gasteiger charge is 2.42. The number of rotatable bonds is 5. The van der Waals surface area contributed by atoms with E-state index in [0.717, 1.165) is 11.8 Å². The average Bonchev–Trinajstić information content (AvgIpc) is 2.99. The molecule has 2 amide bonds. The smallest absolute Gasteiger partial charge is 0.315 e. The standard InChI is InChI=1S/C15H26N2O3/c1-8(14(18)19)9(2)16-15(20)17-10(3)13-7-11-4-5-12(13)6-11/h8-13H,4-7H2,1-3H3,(H,18,19)(H2,16,17,20). The van der Waals surface area contributed by atoms with E-state index >= 15 is 0 Å². The Morgan fingerprint density at radius 3 is 2.30 bits per heavy atom. The molecule has 5 nitrogen and oxygen atoms in total. The first kappa shape index (κ1) is 15.1. The quantitative estimate of drug-likeness (QED) is 0.723. The topological polar surface area (TPSA) is 78.4 Å². The Kier molecular flexibility index (Phi) is 4.55. The maximum absolute atomic E-state index is 11.9. The zero-order valence-electron chi connectivity index (χ0n) is 12.6. The Bertz CT molecular complexity index is 385. The van der Waals surface area contributed by atoms with Gasteiger partial charge in [-0.2, -0.15) is 0 Å². The van der Waals surface area contributed by atoms with Gasteiger partial charge in [-0.25, -0.2) is 4.79 Å². The van der Waals surface area contributed by atoms with Crippen molar-refractivity contribution in [1.29, 1.82) is 0 Å². The number of aliphatic carboxylic acids is 1. The van der Waals surface area contributed by atoms with Crippen molar-refractivity contribution in [2.24, 2.45) is 23.7 Å². The monoisotopic (exact) mass is 282 g/mol. The van der Waals surface area contributed by atoms with E-state index in [2.05, 4.69) is 17.6 Å². The molecule has 2 fully saturated rings. The summed E-state index contributed by atoms with van der Waals surface area (Å²) >= 11 is 0. The summed E-state index contributed by atoms with van der Waals surface area (Å²) in [5, 5.41) is 14.6. The fourth-order valence-corrected chi connectivity index (χ4v) is 3.81. The van der Waals surface area contributed by atoms with Gasteiger partial charge in [-0.1, -0.05) is 6.42 Å². The second-order valence-corrected chi connectivity index (χ2v) is 6.66. The first-order valence-electron chi connectivity index (χ1n) is 7.68. The van der Waals surface area contributed by atoms with Crippen molar-refractivity contribution in [2.75, 3.05) is 0 Å². The number of hydrogen-bond donors (Lipinski definition) is 3. The van der Waals surface area contributed by atoms with Crippen molar-refractivity contribution in [3.8, 4) is 0 Å². The highest BCUT2D eigenvalue weighted by Crippen LogP contribution is 2.49. The molecular formula is C15H26N2O3. The number of urea groups is 1. The first-order chi connectivity index (χ1) is 9.38. The molecule has 6 unspecified atom stereocenters. The van der Waals surface area contributed by atoms with E-state index in [1.165, 1.54) is 25.7 Å². The van der Waals surface area contributed by atoms with E-state index in [1.54, 1.807) is 13.8 Å². The Hall–Kier alpha value is -1.26. The molecule has 2 saturated carbocycles. The van der Waals surface area contributed by atoms with E-state index in [-0.39, 0.29) is 18.1 Å². The molecule has 2 rings (SSSR count). The molecule has 6 atom stereocenters. The summed E-state index contributed by atoms with van der Waals surface area (Å²) in [4.78, 5) is 22.8. The molecule has 0 heterocycles. The molecule has 0 aromatic heterocycles. The molecule has 3 N–H and O–H groups in total. The van der Waals surface area contributed by atoms with E-state index < -0.39 is 11.9 Å². The van der Waals surface area contributed by atoms with E-state index in [9.17, 15) is 9.59 Å². The largest absolute Gasteiger partial charge is 0.481 e. The molecule has 20 heavy (non-hydrogen) atoms. The third kappa shape index (κ3) is 3.25. The predicted molar refractivity (Wildman–Crippen MR) is 76.3 cm³/mol. The molecular weight excluding hydrogens is 256 g/mol. The lowest BCUT2D eigenvalue weighted by molar-refractivity contribution is -0.141. The van der Waals surface area contributed by atoms with Crippen LogP contribution in [0.25, 0.3) is 0 Å². The fraction of sp³-hybridized carbons (Fsp3) is 0.867. The maximum Gasteiger partial charge on any atom is 0.315 e. The van der Waals surface area contributed by atoms with E-state index in [0.29, 0.717) is 5.92 Å². The number of carbonyl (C=O) groups is 2. The van der Waals surface area contributed by atoms with Gasteiger partial charge in [0.25, 0.3) is 0 Å². The van der Waals surface area contributed by atoms with Gasteiger partial charge < -0.3 is 15.7 Å². The Morgan fingerprint density at radius 1 is 1.10 bits per heavy atom. The van der Waals surface area contributed by atoms with Gasteiger partial charge in [0.1, 0.15) is 0 Å². The van der Waals surface area contributed by atoms with Crippen LogP contribution in [-0.2, 0) is 4.79 Å². The van der Waals surface area contributed by atoms with Crippen LogP contribution in [0.2, 0.25) is 0 Å². The Balaban J connectivity index is 1.78. The first-order valence-corrected chi connectivity index (χ1v) is 7.68. The van der Waals surface area contributed by atoms with Gasteiger partial charge in [-0.15, -0.1) is 0 Å². The lowest BCUT2D eigenvalue weighted by Gasteiger charge is -2.29. The lowest BCUT2D eigenvalue weighted by Crippen LogP contribution is -2.49. The summed E-state index contributed by atoms with van der Waals surface area (Å²) in [6.45, 7) is 5.39. The van der Waals surface area contributed by atoms with Crippen LogP contribution in [0.4, 0.5) is 4.79 Å². The van der Waals surface area contributed by atoms with Crippen LogP contribution in [0.3, 0.4) is 0 Å². The van der Waals surface area contributed by atoms with Crippen molar-refractivity contribution in [1.82, 2.24) is 10.6 Å². The molecule has 2 aliphatic carbocycles. The van der Waals surface area contributed by atoms with Crippen molar-refractivity contribution in [2.45, 2.75) is 58.5 Å². The number of amides is 2. The highest BCUT2D eigenvalue weighted by molar-refractivity contribution is 5.76. The number of fused-ring (bicyclic) bond motifs is 2. The van der Waals surface area contributed by atoms with Gasteiger partial charge in [0, 0.05) is 12.1 Å². The lowest BCUT2D eigenvalue weighted by atomic mass is 9.84. The van der Waals surface area contributed by atoms with Crippen molar-refractivity contribution >= 4 is 12.0 Å². The predicted octanol–water partition coefficient (Wildman–Crippen LogP) is 2.22. The third-order valence-corrected chi connectivity index (χ3v) is 5.29. The number of carboxylic acids is 1. The highest BCUT2D eigenvalue weighted by atomic mass is 16.4. The van der Waals surface area contributed by atoms with Crippen molar-refractivity contribution in [3.05, 3.63) is 0 Å². The summed E-state index contributed by atoms with van der Waals surface area (Å²) in [6, 6.07) is -0.460. The molecule has 2 bridgehead atoms. The van der Waals surface area contributed by atoms with Gasteiger partial charge in [0.05, 0.1) is 5.92 Å². The molecule has 0 saturated heterocycles. The summed E-state index contributed by atoms with van der Waals surface area (Å²) < 4.78 is 0. The Morgan fingerprint density at radius 2 is 1.80 bits per heavy atom. The van der Waals surface area contributed by atoms with Crippen LogP contribution in [0.5, 0.6) is 0 Å². The number of hydrogen-bond acceptors (Lipinski definition) is 2. The minimum atomic E-state index is -0.890. The molecule has 0 spiro atoms. The third-order valence-electron chi connectivity index (χ3n) is 5.29. The van der Waals surface area contributed by atoms with Crippen LogP contribution in [0.15, 0.2) is 0 Å². The minimum absolute atomic E-state index is 0.164. The summed E-state index contributed by atoms with van der Waals surface area (Å²) in [6.07, 6.45) is 5.21. The maximum atomic E-state index is 11.9. The van der Waals surface area contributed by atoms with Gasteiger partial charge in [-0.05, 0) is 57.8 Å². The number of nitrogens with one attached hydrogen (secondary N) is 2. The second-order valence-electron chi connectivity index (χ2n) is 6.66. The minimum Gasteiger partial charge on any atom is -0.481 e. The normalized spacial score (nSPS) is 32.5. The zero-order chi connectivity index (χ0) is 14.9. The van der Waals surface area contributed by atoms with Crippen LogP contribution in [0.1, 0.15) is 46.5 Å².